The van der Waals surface area contributed by atoms with Gasteiger partial charge in [0.1, 0.15) is 18.1 Å². The van der Waals surface area contributed by atoms with Crippen molar-refractivity contribution in [1.82, 2.24) is 5.43 Å². The van der Waals surface area contributed by atoms with E-state index in [-0.39, 0.29) is 17.3 Å². The lowest BCUT2D eigenvalue weighted by atomic mass is 10.1. The second-order valence-corrected chi connectivity index (χ2v) is 3.85. The molecule has 1 N–H and O–H groups in total. The van der Waals surface area contributed by atoms with Gasteiger partial charge in [0.05, 0.1) is 5.02 Å². The van der Waals surface area contributed by atoms with Crippen LogP contribution in [0.2, 0.25) is 5.02 Å². The zero-order valence-corrected chi connectivity index (χ0v) is 9.88. The Morgan fingerprint density at radius 3 is 2.74 bits per heavy atom. The number of amides is 1. The van der Waals surface area contributed by atoms with E-state index >= 15 is 0 Å². The molecule has 0 saturated heterocycles. The molecule has 0 spiro atoms. The van der Waals surface area contributed by atoms with E-state index in [1.165, 1.54) is 12.1 Å². The number of ether oxygens (including phenoxy) is 2. The summed E-state index contributed by atoms with van der Waals surface area (Å²) in [6.07, 6.45) is -5.58. The van der Waals surface area contributed by atoms with Crippen LogP contribution in [0.4, 0.5) is 18.0 Å². The van der Waals surface area contributed by atoms with Gasteiger partial charge in [0, 0.05) is 5.56 Å². The molecular formula is C10H6ClF3N2O3. The van der Waals surface area contributed by atoms with Crippen molar-refractivity contribution < 1.29 is 27.4 Å². The third-order valence-electron chi connectivity index (χ3n) is 2.11. The van der Waals surface area contributed by atoms with Gasteiger partial charge in [-0.3, -0.25) is 0 Å². The molecule has 0 aliphatic carbocycles. The summed E-state index contributed by atoms with van der Waals surface area (Å²) in [5.41, 5.74) is 2.59. The summed E-state index contributed by atoms with van der Waals surface area (Å²) in [5, 5.41) is 3.47. The molecule has 1 heterocycles. The van der Waals surface area contributed by atoms with Gasteiger partial charge in [-0.15, -0.1) is 13.2 Å². The van der Waals surface area contributed by atoms with Gasteiger partial charge in [-0.2, -0.15) is 5.10 Å². The van der Waals surface area contributed by atoms with Crippen LogP contribution in [0.1, 0.15) is 5.56 Å². The number of benzene rings is 1. The van der Waals surface area contributed by atoms with Gasteiger partial charge < -0.3 is 9.47 Å². The van der Waals surface area contributed by atoms with E-state index in [2.05, 4.69) is 14.6 Å². The molecule has 5 nitrogen and oxygen atoms in total. The molecule has 102 valence electrons. The normalized spacial score (nSPS) is 15.4. The maximum atomic E-state index is 12.2. The van der Waals surface area contributed by atoms with Gasteiger partial charge in [-0.1, -0.05) is 17.7 Å². The van der Waals surface area contributed by atoms with Crippen LogP contribution in [0, 0.1) is 0 Å². The molecule has 0 bridgehead atoms. The first kappa shape index (κ1) is 13.5. The fourth-order valence-corrected chi connectivity index (χ4v) is 1.50. The van der Waals surface area contributed by atoms with Crippen LogP contribution in [0.15, 0.2) is 23.3 Å². The molecular weight excluding hydrogens is 289 g/mol. The molecule has 9 heteroatoms. The van der Waals surface area contributed by atoms with Crippen molar-refractivity contribution in [1.29, 1.82) is 0 Å². The van der Waals surface area contributed by atoms with Crippen molar-refractivity contribution in [3.8, 4) is 5.75 Å². The highest BCUT2D eigenvalue weighted by Gasteiger charge is 2.32. The zero-order valence-electron chi connectivity index (χ0n) is 9.12. The molecule has 19 heavy (non-hydrogen) atoms. The zero-order chi connectivity index (χ0) is 14.0. The fourth-order valence-electron chi connectivity index (χ4n) is 1.35. The molecule has 0 aromatic heterocycles. The van der Waals surface area contributed by atoms with Gasteiger partial charge in [0.2, 0.25) is 0 Å². The van der Waals surface area contributed by atoms with Crippen LogP contribution in [0.25, 0.3) is 0 Å². The lowest BCUT2D eigenvalue weighted by molar-refractivity contribution is -0.274. The molecule has 0 unspecified atom stereocenters. The minimum absolute atomic E-state index is 0.154. The predicted molar refractivity (Wildman–Crippen MR) is 59.2 cm³/mol. The van der Waals surface area contributed by atoms with Gasteiger partial charge in [-0.05, 0) is 12.1 Å². The number of hydrogen-bond donors (Lipinski definition) is 1. The minimum atomic E-state index is -4.85. The Bertz CT molecular complexity index is 545. The number of hydrogen-bond acceptors (Lipinski definition) is 4. The number of alkyl halides is 3. The number of nitrogens with one attached hydrogen (secondary N) is 1. The number of nitrogens with zero attached hydrogens (tertiary/aromatic N) is 1. The standard InChI is InChI=1S/C10H6ClF3N2O3/c11-6-2-1-5(3-8(6)19-10(12,13)14)7-4-18-9(17)16-15-7/h1-3H,4H2,(H,16,17). The Balaban J connectivity index is 2.28. The summed E-state index contributed by atoms with van der Waals surface area (Å²) in [6.45, 7) is -0.154. The average Bonchev–Trinajstić information content (AvgIpc) is 2.31. The number of cyclic esters (lactones) is 1. The maximum absolute atomic E-state index is 12.2. The Kier molecular flexibility index (Phi) is 3.52. The van der Waals surface area contributed by atoms with E-state index in [4.69, 9.17) is 11.6 Å². The van der Waals surface area contributed by atoms with Crippen LogP contribution in [0.3, 0.4) is 0 Å². The molecule has 0 saturated carbocycles. The minimum Gasteiger partial charge on any atom is -0.442 e. The van der Waals surface area contributed by atoms with Crippen molar-refractivity contribution >= 4 is 23.4 Å². The van der Waals surface area contributed by atoms with E-state index in [1.807, 2.05) is 5.43 Å². The predicted octanol–water partition coefficient (Wildman–Crippen LogP) is 2.68. The van der Waals surface area contributed by atoms with E-state index in [1.54, 1.807) is 0 Å². The second kappa shape index (κ2) is 4.96. The fraction of sp³-hybridized carbons (Fsp3) is 0.200. The lowest BCUT2D eigenvalue weighted by Gasteiger charge is -2.15. The summed E-state index contributed by atoms with van der Waals surface area (Å²) in [4.78, 5) is 10.7. The Labute approximate surface area is 109 Å². The topological polar surface area (TPSA) is 59.9 Å². The molecule has 0 atom stereocenters. The van der Waals surface area contributed by atoms with E-state index < -0.39 is 18.2 Å². The number of carbonyl (C=O) groups excluding carboxylic acids is 1. The van der Waals surface area contributed by atoms with Crippen LogP contribution in [0.5, 0.6) is 5.75 Å². The van der Waals surface area contributed by atoms with E-state index in [0.717, 1.165) is 6.07 Å². The number of halogens is 4. The first-order valence-electron chi connectivity index (χ1n) is 4.90. The van der Waals surface area contributed by atoms with Crippen LogP contribution in [-0.4, -0.2) is 24.8 Å². The second-order valence-electron chi connectivity index (χ2n) is 3.44. The Morgan fingerprint density at radius 1 is 1.42 bits per heavy atom. The molecule has 1 amide bonds. The van der Waals surface area contributed by atoms with Gasteiger partial charge in [0.15, 0.2) is 0 Å². The van der Waals surface area contributed by atoms with Gasteiger partial charge >= 0.3 is 12.5 Å². The van der Waals surface area contributed by atoms with E-state index in [0.29, 0.717) is 5.56 Å². The quantitative estimate of drug-likeness (QED) is 0.912. The molecule has 1 aromatic carbocycles. The summed E-state index contributed by atoms with van der Waals surface area (Å²) < 4.78 is 44.9. The summed E-state index contributed by atoms with van der Waals surface area (Å²) in [6, 6.07) is 3.73. The molecule has 1 aromatic rings. The summed E-state index contributed by atoms with van der Waals surface area (Å²) in [7, 11) is 0. The SMILES string of the molecule is O=C1NN=C(c2ccc(Cl)c(OC(F)(F)F)c2)CO1. The lowest BCUT2D eigenvalue weighted by Crippen LogP contribution is -2.30. The van der Waals surface area contributed by atoms with Crippen molar-refractivity contribution in [3.05, 3.63) is 28.8 Å². The number of hydrazone groups is 1. The smallest absolute Gasteiger partial charge is 0.442 e. The summed E-state index contributed by atoms with van der Waals surface area (Å²) in [5.74, 6) is -0.550. The first-order chi connectivity index (χ1) is 8.85. The van der Waals surface area contributed by atoms with Gasteiger partial charge in [-0.25, -0.2) is 10.2 Å². The molecule has 2 rings (SSSR count). The highest BCUT2D eigenvalue weighted by atomic mass is 35.5. The van der Waals surface area contributed by atoms with Crippen molar-refractivity contribution in [3.63, 3.8) is 0 Å². The monoisotopic (exact) mass is 294 g/mol. The van der Waals surface area contributed by atoms with E-state index in [9.17, 15) is 18.0 Å². The van der Waals surface area contributed by atoms with Gasteiger partial charge in [0.25, 0.3) is 0 Å². The first-order valence-corrected chi connectivity index (χ1v) is 5.28. The Hall–Kier alpha value is -1.96. The van der Waals surface area contributed by atoms with Crippen molar-refractivity contribution in [2.75, 3.05) is 6.61 Å². The van der Waals surface area contributed by atoms with Crippen LogP contribution >= 0.6 is 11.6 Å². The van der Waals surface area contributed by atoms with Crippen molar-refractivity contribution in [2.24, 2.45) is 5.10 Å². The molecule has 0 fully saturated rings. The summed E-state index contributed by atoms with van der Waals surface area (Å²) >= 11 is 5.60. The van der Waals surface area contributed by atoms with Crippen LogP contribution < -0.4 is 10.2 Å². The molecule has 1 aliphatic rings. The molecule has 1 aliphatic heterocycles. The molecule has 0 radical (unpaired) electrons. The highest BCUT2D eigenvalue weighted by molar-refractivity contribution is 6.32. The third-order valence-corrected chi connectivity index (χ3v) is 2.42. The maximum Gasteiger partial charge on any atom is 0.573 e. The van der Waals surface area contributed by atoms with Crippen LogP contribution in [-0.2, 0) is 4.74 Å². The highest BCUT2D eigenvalue weighted by Crippen LogP contribution is 2.31. The average molecular weight is 295 g/mol. The third kappa shape index (κ3) is 3.50. The van der Waals surface area contributed by atoms with Crippen molar-refractivity contribution in [2.45, 2.75) is 6.36 Å². The Morgan fingerprint density at radius 2 is 2.16 bits per heavy atom. The number of carbonyl (C=O) groups is 1. The largest absolute Gasteiger partial charge is 0.573 e. The number of rotatable bonds is 2.